The molecule has 0 aromatic heterocycles. The van der Waals surface area contributed by atoms with Crippen LogP contribution in [0.2, 0.25) is 0 Å². The molecule has 1 heterocycles. The van der Waals surface area contributed by atoms with Crippen LogP contribution < -0.4 is 22.5 Å². The van der Waals surface area contributed by atoms with Crippen LogP contribution in [0.5, 0.6) is 0 Å². The third-order valence-corrected chi connectivity index (χ3v) is 1.44. The third-order valence-electron chi connectivity index (χ3n) is 0.978. The van der Waals surface area contributed by atoms with Gasteiger partial charge in [0.1, 0.15) is 6.34 Å². The summed E-state index contributed by atoms with van der Waals surface area (Å²) in [5, 5.41) is 3.86. The van der Waals surface area contributed by atoms with Gasteiger partial charge in [-0.15, -0.1) is 12.6 Å². The Labute approximate surface area is 57.6 Å². The van der Waals surface area contributed by atoms with Crippen LogP contribution >= 0.6 is 12.6 Å². The largest absolute Gasteiger partial charge is 0.267 e. The van der Waals surface area contributed by atoms with Crippen LogP contribution in [0.3, 0.4) is 0 Å². The Balaban J connectivity index is 2.62. The SMILES string of the molecule is NNC1(S)NN=CN1N. The molecule has 0 bridgehead atoms. The van der Waals surface area contributed by atoms with Crippen molar-refractivity contribution in [2.75, 3.05) is 0 Å². The summed E-state index contributed by atoms with van der Waals surface area (Å²) in [7, 11) is 0. The first-order valence-electron chi connectivity index (χ1n) is 2.23. The van der Waals surface area contributed by atoms with Gasteiger partial charge in [0.05, 0.1) is 0 Å². The Morgan fingerprint density at radius 2 is 2.56 bits per heavy atom. The van der Waals surface area contributed by atoms with E-state index in [2.05, 4.69) is 28.6 Å². The van der Waals surface area contributed by atoms with Crippen LogP contribution in [-0.4, -0.2) is 16.5 Å². The molecule has 0 saturated carbocycles. The fourth-order valence-electron chi connectivity index (χ4n) is 0.429. The summed E-state index contributed by atoms with van der Waals surface area (Å²) < 4.78 is 0. The molecule has 7 heteroatoms. The molecule has 0 aliphatic carbocycles. The Hall–Kier alpha value is -0.500. The van der Waals surface area contributed by atoms with Gasteiger partial charge in [-0.2, -0.15) is 5.10 Å². The minimum Gasteiger partial charge on any atom is -0.267 e. The standard InChI is InChI=1S/C2H8N6S/c3-6-2(9)7-5-1-8(2)4/h1,6-7,9H,3-4H2. The fraction of sp³-hybridized carbons (Fsp3) is 0.500. The minimum atomic E-state index is -0.944. The zero-order valence-corrected chi connectivity index (χ0v) is 5.47. The molecule has 0 amide bonds. The zero-order valence-electron chi connectivity index (χ0n) is 4.57. The molecule has 1 rings (SSSR count). The van der Waals surface area contributed by atoms with Crippen molar-refractivity contribution in [3.63, 3.8) is 0 Å². The van der Waals surface area contributed by atoms with Gasteiger partial charge in [0.15, 0.2) is 0 Å². The molecule has 0 saturated heterocycles. The molecule has 1 aliphatic heterocycles. The van der Waals surface area contributed by atoms with Gasteiger partial charge < -0.3 is 0 Å². The lowest BCUT2D eigenvalue weighted by atomic mass is 10.8. The van der Waals surface area contributed by atoms with Gasteiger partial charge >= 0.3 is 0 Å². The average molecular weight is 148 g/mol. The Kier molecular flexibility index (Phi) is 1.49. The van der Waals surface area contributed by atoms with Gasteiger partial charge in [-0.25, -0.2) is 16.3 Å². The van der Waals surface area contributed by atoms with Crippen LogP contribution in [0.25, 0.3) is 0 Å². The van der Waals surface area contributed by atoms with Crippen molar-refractivity contribution in [3.8, 4) is 0 Å². The maximum Gasteiger partial charge on any atom is 0.256 e. The van der Waals surface area contributed by atoms with E-state index in [4.69, 9.17) is 11.7 Å². The third kappa shape index (κ3) is 0.944. The highest BCUT2D eigenvalue weighted by atomic mass is 32.1. The molecule has 9 heavy (non-hydrogen) atoms. The highest BCUT2D eigenvalue weighted by Crippen LogP contribution is 2.09. The highest BCUT2D eigenvalue weighted by molar-refractivity contribution is 7.81. The van der Waals surface area contributed by atoms with E-state index in [9.17, 15) is 0 Å². The summed E-state index contributed by atoms with van der Waals surface area (Å²) in [5.74, 6) is 10.4. The second-order valence-electron chi connectivity index (χ2n) is 1.58. The van der Waals surface area contributed by atoms with Gasteiger partial charge in [0.2, 0.25) is 0 Å². The van der Waals surface area contributed by atoms with Crippen LogP contribution in [0.15, 0.2) is 5.10 Å². The van der Waals surface area contributed by atoms with Gasteiger partial charge in [0.25, 0.3) is 5.12 Å². The molecular weight excluding hydrogens is 140 g/mol. The zero-order chi connectivity index (χ0) is 6.91. The summed E-state index contributed by atoms with van der Waals surface area (Å²) in [6, 6.07) is 0. The van der Waals surface area contributed by atoms with Crippen molar-refractivity contribution in [2.24, 2.45) is 16.8 Å². The quantitative estimate of drug-likeness (QED) is 0.125. The van der Waals surface area contributed by atoms with Gasteiger partial charge in [-0.1, -0.05) is 0 Å². The second kappa shape index (κ2) is 2.03. The van der Waals surface area contributed by atoms with Crippen molar-refractivity contribution in [1.82, 2.24) is 15.9 Å². The summed E-state index contributed by atoms with van der Waals surface area (Å²) in [4.78, 5) is 0. The molecule has 0 radical (unpaired) electrons. The lowest BCUT2D eigenvalue weighted by molar-refractivity contribution is 0.225. The van der Waals surface area contributed by atoms with Crippen molar-refractivity contribution >= 4 is 19.0 Å². The van der Waals surface area contributed by atoms with E-state index in [0.717, 1.165) is 0 Å². The molecular formula is C2H8N6S. The van der Waals surface area contributed by atoms with Gasteiger partial charge in [-0.05, 0) is 0 Å². The van der Waals surface area contributed by atoms with Crippen molar-refractivity contribution in [3.05, 3.63) is 0 Å². The predicted octanol–water partition coefficient (Wildman–Crippen LogP) is -2.29. The number of nitrogens with zero attached hydrogens (tertiary/aromatic N) is 2. The van der Waals surface area contributed by atoms with E-state index >= 15 is 0 Å². The predicted molar refractivity (Wildman–Crippen MR) is 36.7 cm³/mol. The van der Waals surface area contributed by atoms with Crippen molar-refractivity contribution < 1.29 is 0 Å². The van der Waals surface area contributed by atoms with Crippen molar-refractivity contribution in [1.29, 1.82) is 0 Å². The number of hydrogen-bond acceptors (Lipinski definition) is 7. The maximum absolute atomic E-state index is 5.33. The number of hydrazone groups is 1. The van der Waals surface area contributed by atoms with Gasteiger partial charge in [-0.3, -0.25) is 11.3 Å². The summed E-state index contributed by atoms with van der Waals surface area (Å²) in [5.41, 5.74) is 4.85. The number of hydrogen-bond donors (Lipinski definition) is 5. The number of nitrogens with one attached hydrogen (secondary N) is 2. The topological polar surface area (TPSA) is 91.7 Å². The molecule has 1 aliphatic rings. The van der Waals surface area contributed by atoms with E-state index in [0.29, 0.717) is 0 Å². The molecule has 0 aromatic carbocycles. The molecule has 52 valence electrons. The Morgan fingerprint density at radius 3 is 2.78 bits per heavy atom. The maximum atomic E-state index is 5.33. The first kappa shape index (κ1) is 6.62. The highest BCUT2D eigenvalue weighted by Gasteiger charge is 2.31. The number of hydrazine groups is 2. The van der Waals surface area contributed by atoms with E-state index in [1.54, 1.807) is 0 Å². The number of rotatable bonds is 1. The summed E-state index contributed by atoms with van der Waals surface area (Å²) in [6.45, 7) is 0. The Bertz CT molecular complexity index is 135. The Morgan fingerprint density at radius 1 is 1.89 bits per heavy atom. The van der Waals surface area contributed by atoms with Crippen LogP contribution in [-0.2, 0) is 0 Å². The van der Waals surface area contributed by atoms with E-state index in [1.165, 1.54) is 11.3 Å². The van der Waals surface area contributed by atoms with Crippen LogP contribution in [0.4, 0.5) is 0 Å². The number of thiol groups is 1. The van der Waals surface area contributed by atoms with Crippen LogP contribution in [0.1, 0.15) is 0 Å². The van der Waals surface area contributed by atoms with Crippen molar-refractivity contribution in [2.45, 2.75) is 5.12 Å². The molecule has 1 unspecified atom stereocenters. The van der Waals surface area contributed by atoms with E-state index < -0.39 is 5.12 Å². The summed E-state index contributed by atoms with van der Waals surface area (Å²) in [6.07, 6.45) is 1.37. The molecule has 0 spiro atoms. The minimum absolute atomic E-state index is 0.944. The lowest BCUT2D eigenvalue weighted by Gasteiger charge is -2.27. The molecule has 6 N–H and O–H groups in total. The van der Waals surface area contributed by atoms with E-state index in [-0.39, 0.29) is 0 Å². The monoisotopic (exact) mass is 148 g/mol. The normalized spacial score (nSPS) is 33.0. The molecule has 6 nitrogen and oxygen atoms in total. The first-order chi connectivity index (χ1) is 4.19. The van der Waals surface area contributed by atoms with Crippen LogP contribution in [0, 0.1) is 0 Å². The molecule has 0 aromatic rings. The smallest absolute Gasteiger partial charge is 0.256 e. The molecule has 1 atom stereocenters. The first-order valence-corrected chi connectivity index (χ1v) is 2.68. The summed E-state index contributed by atoms with van der Waals surface area (Å²) >= 11 is 4.00. The van der Waals surface area contributed by atoms with E-state index in [1.807, 2.05) is 0 Å². The molecule has 0 fully saturated rings. The lowest BCUT2D eigenvalue weighted by Crippen LogP contribution is -2.63. The fourth-order valence-corrected chi connectivity index (χ4v) is 0.539. The van der Waals surface area contributed by atoms with Gasteiger partial charge in [0, 0.05) is 0 Å². The number of nitrogens with two attached hydrogens (primary N) is 2. The second-order valence-corrected chi connectivity index (χ2v) is 2.23. The average Bonchev–Trinajstić information content (AvgIpc) is 2.15.